The molecule has 1 aliphatic rings. The number of nitriles is 1. The van der Waals surface area contributed by atoms with Gasteiger partial charge in [0.15, 0.2) is 5.13 Å². The number of likely N-dealkylation sites (tertiary alicyclic amines) is 1. The molecule has 1 N–H and O–H groups in total. The van der Waals surface area contributed by atoms with Crippen molar-refractivity contribution in [3.05, 3.63) is 11.1 Å². The summed E-state index contributed by atoms with van der Waals surface area (Å²) in [5, 5.41) is 12.9. The molecule has 5 heteroatoms. The average Bonchev–Trinajstić information content (AvgIpc) is 2.69. The minimum atomic E-state index is 0.513. The number of hydrogen-bond acceptors (Lipinski definition) is 5. The quantitative estimate of drug-likeness (QED) is 0.824. The van der Waals surface area contributed by atoms with E-state index in [1.165, 1.54) is 11.3 Å². The van der Waals surface area contributed by atoms with Crippen LogP contribution in [0.25, 0.3) is 0 Å². The molecule has 2 heterocycles. The number of nitrogens with one attached hydrogen (secondary N) is 1. The summed E-state index contributed by atoms with van der Waals surface area (Å²) in [4.78, 5) is 7.18. The smallest absolute Gasteiger partial charge is 0.184 e. The number of rotatable bonds is 2. The summed E-state index contributed by atoms with van der Waals surface area (Å²) in [6, 6.07) is 2.61. The molecule has 0 atom stereocenters. The van der Waals surface area contributed by atoms with E-state index in [1.807, 2.05) is 0 Å². The van der Waals surface area contributed by atoms with Crippen LogP contribution in [-0.4, -0.2) is 36.1 Å². The van der Waals surface area contributed by atoms with E-state index in [2.05, 4.69) is 28.3 Å². The monoisotopic (exact) mass is 222 g/mol. The maximum absolute atomic E-state index is 8.68. The summed E-state index contributed by atoms with van der Waals surface area (Å²) in [7, 11) is 2.15. The third kappa shape index (κ3) is 2.67. The van der Waals surface area contributed by atoms with Gasteiger partial charge in [0.05, 0.1) is 6.20 Å². The molecule has 0 spiro atoms. The average molecular weight is 222 g/mol. The summed E-state index contributed by atoms with van der Waals surface area (Å²) in [6.07, 6.45) is 3.93. The minimum absolute atomic E-state index is 0.513. The number of thiazole rings is 1. The first-order valence-electron chi connectivity index (χ1n) is 5.09. The molecule has 0 unspecified atom stereocenters. The Kier molecular flexibility index (Phi) is 3.19. The molecular formula is C10H14N4S. The van der Waals surface area contributed by atoms with E-state index in [-0.39, 0.29) is 0 Å². The number of aromatic nitrogens is 1. The Balaban J connectivity index is 1.89. The standard InChI is InChI=1S/C10H14N4S/c1-14-4-2-8(3-5-14)13-10-12-7-9(6-11)15-10/h7-8H,2-5H2,1H3,(H,12,13). The normalized spacial score (nSPS) is 18.7. The minimum Gasteiger partial charge on any atom is -0.359 e. The van der Waals surface area contributed by atoms with Crippen LogP contribution in [0.2, 0.25) is 0 Å². The molecule has 1 fully saturated rings. The largest absolute Gasteiger partial charge is 0.359 e. The van der Waals surface area contributed by atoms with Crippen LogP contribution in [0.3, 0.4) is 0 Å². The fraction of sp³-hybridized carbons (Fsp3) is 0.600. The van der Waals surface area contributed by atoms with Gasteiger partial charge in [-0.1, -0.05) is 11.3 Å². The highest BCUT2D eigenvalue weighted by Gasteiger charge is 2.17. The third-order valence-corrected chi connectivity index (χ3v) is 3.50. The second kappa shape index (κ2) is 4.60. The van der Waals surface area contributed by atoms with E-state index in [0.29, 0.717) is 10.9 Å². The number of piperidine rings is 1. The van der Waals surface area contributed by atoms with Crippen molar-refractivity contribution in [2.75, 3.05) is 25.5 Å². The molecule has 1 aliphatic heterocycles. The Morgan fingerprint density at radius 1 is 1.60 bits per heavy atom. The van der Waals surface area contributed by atoms with E-state index in [0.717, 1.165) is 31.1 Å². The van der Waals surface area contributed by atoms with Crippen LogP contribution in [0.15, 0.2) is 6.20 Å². The lowest BCUT2D eigenvalue weighted by atomic mass is 10.1. The first-order chi connectivity index (χ1) is 7.28. The second-order valence-corrected chi connectivity index (χ2v) is 4.89. The van der Waals surface area contributed by atoms with Gasteiger partial charge in [-0.15, -0.1) is 0 Å². The highest BCUT2D eigenvalue weighted by atomic mass is 32.1. The first kappa shape index (κ1) is 10.4. The molecule has 0 aromatic carbocycles. The fourth-order valence-corrected chi connectivity index (χ4v) is 2.41. The van der Waals surface area contributed by atoms with Crippen molar-refractivity contribution >= 4 is 16.5 Å². The summed E-state index contributed by atoms with van der Waals surface area (Å²) >= 11 is 1.43. The Morgan fingerprint density at radius 2 is 2.33 bits per heavy atom. The second-order valence-electron chi connectivity index (χ2n) is 3.86. The van der Waals surface area contributed by atoms with Gasteiger partial charge in [-0.2, -0.15) is 5.26 Å². The topological polar surface area (TPSA) is 52.0 Å². The van der Waals surface area contributed by atoms with Crippen molar-refractivity contribution in [1.82, 2.24) is 9.88 Å². The molecule has 0 radical (unpaired) electrons. The van der Waals surface area contributed by atoms with Crippen molar-refractivity contribution in [3.8, 4) is 6.07 Å². The van der Waals surface area contributed by atoms with Gasteiger partial charge < -0.3 is 10.2 Å². The van der Waals surface area contributed by atoms with Crippen molar-refractivity contribution in [3.63, 3.8) is 0 Å². The molecule has 15 heavy (non-hydrogen) atoms. The lowest BCUT2D eigenvalue weighted by Gasteiger charge is -2.29. The Hall–Kier alpha value is -1.12. The zero-order valence-electron chi connectivity index (χ0n) is 8.73. The van der Waals surface area contributed by atoms with Crippen LogP contribution < -0.4 is 5.32 Å². The first-order valence-corrected chi connectivity index (χ1v) is 5.90. The molecule has 0 amide bonds. The summed E-state index contributed by atoms with van der Waals surface area (Å²) in [5.41, 5.74) is 0. The molecule has 4 nitrogen and oxygen atoms in total. The summed E-state index contributed by atoms with van der Waals surface area (Å²) in [6.45, 7) is 2.27. The molecule has 1 aromatic rings. The van der Waals surface area contributed by atoms with Crippen molar-refractivity contribution in [1.29, 1.82) is 5.26 Å². The van der Waals surface area contributed by atoms with Gasteiger partial charge in [-0.05, 0) is 33.0 Å². The molecule has 0 aliphatic carbocycles. The molecular weight excluding hydrogens is 208 g/mol. The van der Waals surface area contributed by atoms with E-state index in [4.69, 9.17) is 5.26 Å². The van der Waals surface area contributed by atoms with Crippen LogP contribution in [0, 0.1) is 11.3 Å². The summed E-state index contributed by atoms with van der Waals surface area (Å²) in [5.74, 6) is 0. The van der Waals surface area contributed by atoms with E-state index < -0.39 is 0 Å². The van der Waals surface area contributed by atoms with Gasteiger partial charge in [0.2, 0.25) is 0 Å². The predicted octanol–water partition coefficient (Wildman–Crippen LogP) is 1.52. The van der Waals surface area contributed by atoms with Crippen LogP contribution >= 0.6 is 11.3 Å². The highest BCUT2D eigenvalue weighted by molar-refractivity contribution is 7.16. The van der Waals surface area contributed by atoms with Crippen LogP contribution in [0.4, 0.5) is 5.13 Å². The van der Waals surface area contributed by atoms with Crippen LogP contribution in [0.5, 0.6) is 0 Å². The van der Waals surface area contributed by atoms with Crippen molar-refractivity contribution in [2.24, 2.45) is 0 Å². The Morgan fingerprint density at radius 3 is 2.93 bits per heavy atom. The van der Waals surface area contributed by atoms with Crippen LogP contribution in [0.1, 0.15) is 17.7 Å². The number of nitrogens with zero attached hydrogens (tertiary/aromatic N) is 3. The number of anilines is 1. The highest BCUT2D eigenvalue weighted by Crippen LogP contribution is 2.20. The van der Waals surface area contributed by atoms with Gasteiger partial charge in [0, 0.05) is 6.04 Å². The third-order valence-electron chi connectivity index (χ3n) is 2.66. The van der Waals surface area contributed by atoms with E-state index >= 15 is 0 Å². The van der Waals surface area contributed by atoms with Gasteiger partial charge in [-0.25, -0.2) is 4.98 Å². The maximum atomic E-state index is 8.68. The van der Waals surface area contributed by atoms with Crippen molar-refractivity contribution < 1.29 is 0 Å². The SMILES string of the molecule is CN1CCC(Nc2ncc(C#N)s2)CC1. The predicted molar refractivity (Wildman–Crippen MR) is 61.0 cm³/mol. The zero-order valence-corrected chi connectivity index (χ0v) is 9.55. The molecule has 0 saturated carbocycles. The lowest BCUT2D eigenvalue weighted by Crippen LogP contribution is -2.36. The maximum Gasteiger partial charge on any atom is 0.184 e. The number of hydrogen-bond donors (Lipinski definition) is 1. The van der Waals surface area contributed by atoms with Crippen molar-refractivity contribution in [2.45, 2.75) is 18.9 Å². The fourth-order valence-electron chi connectivity index (χ4n) is 1.72. The molecule has 0 bridgehead atoms. The zero-order chi connectivity index (χ0) is 10.7. The van der Waals surface area contributed by atoms with Gasteiger partial charge in [-0.3, -0.25) is 0 Å². The Bertz CT molecular complexity index is 360. The lowest BCUT2D eigenvalue weighted by molar-refractivity contribution is 0.264. The molecule has 1 saturated heterocycles. The van der Waals surface area contributed by atoms with Crippen LogP contribution in [-0.2, 0) is 0 Å². The summed E-state index contributed by atoms with van der Waals surface area (Å²) < 4.78 is 0. The van der Waals surface area contributed by atoms with Gasteiger partial charge in [0.25, 0.3) is 0 Å². The molecule has 1 aromatic heterocycles. The van der Waals surface area contributed by atoms with Gasteiger partial charge in [0.1, 0.15) is 10.9 Å². The molecule has 80 valence electrons. The Labute approximate surface area is 93.5 Å². The van der Waals surface area contributed by atoms with E-state index in [1.54, 1.807) is 6.20 Å². The van der Waals surface area contributed by atoms with Gasteiger partial charge >= 0.3 is 0 Å². The van der Waals surface area contributed by atoms with E-state index in [9.17, 15) is 0 Å². The molecule has 2 rings (SSSR count).